The van der Waals surface area contributed by atoms with Gasteiger partial charge in [-0.15, -0.1) is 0 Å². The van der Waals surface area contributed by atoms with Gasteiger partial charge in [0.1, 0.15) is 17.0 Å². The van der Waals surface area contributed by atoms with Crippen LogP contribution in [0.25, 0.3) is 0 Å². The highest BCUT2D eigenvalue weighted by atomic mass is 35.5. The highest BCUT2D eigenvalue weighted by Crippen LogP contribution is 2.52. The Labute approximate surface area is 225 Å². The molecule has 37 heavy (non-hydrogen) atoms. The van der Waals surface area contributed by atoms with Crippen LogP contribution in [0, 0.1) is 28.4 Å². The quantitative estimate of drug-likeness (QED) is 0.386. The zero-order chi connectivity index (χ0) is 27.5. The lowest BCUT2D eigenvalue weighted by Gasteiger charge is -2.37. The molecule has 0 radical (unpaired) electrons. The van der Waals surface area contributed by atoms with Gasteiger partial charge in [0.15, 0.2) is 0 Å². The normalized spacial score (nSPS) is 24.5. The Bertz CT molecular complexity index is 1180. The first-order chi connectivity index (χ1) is 17.4. The van der Waals surface area contributed by atoms with Crippen LogP contribution in [0.2, 0.25) is 10.0 Å². The van der Waals surface area contributed by atoms with Gasteiger partial charge in [0.25, 0.3) is 0 Å². The molecule has 0 unspecified atom stereocenters. The lowest BCUT2D eigenvalue weighted by molar-refractivity contribution is -0.123. The summed E-state index contributed by atoms with van der Waals surface area (Å²) in [5.41, 5.74) is -1.59. The number of nitriles is 1. The highest BCUT2D eigenvalue weighted by Gasteiger charge is 2.60. The van der Waals surface area contributed by atoms with Crippen LogP contribution >= 0.6 is 23.2 Å². The molecule has 5 atom stereocenters. The van der Waals surface area contributed by atoms with Crippen LogP contribution in [0.15, 0.2) is 36.4 Å². The zero-order valence-electron chi connectivity index (χ0n) is 20.9. The fourth-order valence-electron chi connectivity index (χ4n) is 5.08. The van der Waals surface area contributed by atoms with Crippen LogP contribution in [0.4, 0.5) is 8.78 Å². The molecule has 2 aromatic carbocycles. The van der Waals surface area contributed by atoms with Crippen molar-refractivity contribution in [3.63, 3.8) is 0 Å². The summed E-state index contributed by atoms with van der Waals surface area (Å²) in [6.45, 7) is 5.50. The molecule has 1 fully saturated rings. The second kappa shape index (κ2) is 11.6. The van der Waals surface area contributed by atoms with E-state index in [0.717, 1.165) is 6.07 Å². The Morgan fingerprint density at radius 2 is 1.95 bits per heavy atom. The van der Waals surface area contributed by atoms with Crippen LogP contribution in [-0.4, -0.2) is 47.5 Å². The number of rotatable bonds is 8. The van der Waals surface area contributed by atoms with Crippen molar-refractivity contribution >= 4 is 29.1 Å². The van der Waals surface area contributed by atoms with E-state index in [2.05, 4.69) is 16.7 Å². The molecule has 4 N–H and O–H groups in total. The smallest absolute Gasteiger partial charge is 0.237 e. The third-order valence-electron chi connectivity index (χ3n) is 6.74. The molecular weight excluding hydrogens is 523 g/mol. The molecule has 1 aliphatic heterocycles. The molecule has 1 amide bonds. The monoisotopic (exact) mass is 553 g/mol. The molecule has 0 saturated carbocycles. The van der Waals surface area contributed by atoms with E-state index in [9.17, 15) is 19.6 Å². The Morgan fingerprint density at radius 3 is 2.54 bits per heavy atom. The van der Waals surface area contributed by atoms with Crippen LogP contribution in [0.5, 0.6) is 0 Å². The Balaban J connectivity index is 2.22. The summed E-state index contributed by atoms with van der Waals surface area (Å²) in [7, 11) is 0. The van der Waals surface area contributed by atoms with Gasteiger partial charge in [-0.05, 0) is 47.6 Å². The highest BCUT2D eigenvalue weighted by molar-refractivity contribution is 6.31. The summed E-state index contributed by atoms with van der Waals surface area (Å²) in [6.07, 6.45) is -0.513. The van der Waals surface area contributed by atoms with Gasteiger partial charge in [0, 0.05) is 18.5 Å². The fourth-order valence-corrected chi connectivity index (χ4v) is 5.38. The summed E-state index contributed by atoms with van der Waals surface area (Å²) in [6, 6.07) is 8.98. The van der Waals surface area contributed by atoms with E-state index in [1.807, 2.05) is 20.8 Å². The predicted octanol–water partition coefficient (Wildman–Crippen LogP) is 4.45. The van der Waals surface area contributed by atoms with E-state index >= 15 is 4.39 Å². The van der Waals surface area contributed by atoms with Gasteiger partial charge >= 0.3 is 0 Å². The van der Waals surface area contributed by atoms with Gasteiger partial charge in [0.2, 0.25) is 5.91 Å². The van der Waals surface area contributed by atoms with Crippen molar-refractivity contribution in [2.45, 2.75) is 63.1 Å². The molecule has 2 aromatic rings. The van der Waals surface area contributed by atoms with E-state index in [0.29, 0.717) is 6.42 Å². The summed E-state index contributed by atoms with van der Waals surface area (Å²) in [4.78, 5) is 13.5. The number of aliphatic hydroxyl groups excluding tert-OH is 2. The number of amides is 1. The van der Waals surface area contributed by atoms with Crippen LogP contribution < -0.4 is 10.6 Å². The Kier molecular flexibility index (Phi) is 9.20. The van der Waals surface area contributed by atoms with Gasteiger partial charge in [-0.1, -0.05) is 62.2 Å². The van der Waals surface area contributed by atoms with Crippen LogP contribution in [-0.2, 0) is 10.2 Å². The maximum absolute atomic E-state index is 15.5. The first-order valence-corrected chi connectivity index (χ1v) is 12.7. The third kappa shape index (κ3) is 6.08. The molecule has 200 valence electrons. The molecule has 0 bridgehead atoms. The molecule has 0 spiro atoms. The SMILES string of the molecule is CC(C)(C)C[C@@H]1N[C@@H](C(=O)NCC[C@H](O)CO)[C@H](c2cccc(Cl)c2F)[C@@]1(C#N)c1ccc(Cl)c(F)c1. The second-order valence-corrected chi connectivity index (χ2v) is 11.4. The molecule has 1 aliphatic rings. The van der Waals surface area contributed by atoms with Gasteiger partial charge in [-0.25, -0.2) is 8.78 Å². The molecule has 1 saturated heterocycles. The Morgan fingerprint density at radius 1 is 1.24 bits per heavy atom. The Hall–Kier alpha value is -2.28. The van der Waals surface area contributed by atoms with Crippen molar-refractivity contribution < 1.29 is 23.8 Å². The minimum Gasteiger partial charge on any atom is -0.394 e. The lowest BCUT2D eigenvalue weighted by atomic mass is 9.63. The number of benzene rings is 2. The van der Waals surface area contributed by atoms with E-state index in [1.165, 1.54) is 30.3 Å². The topological polar surface area (TPSA) is 105 Å². The van der Waals surface area contributed by atoms with Crippen molar-refractivity contribution in [1.29, 1.82) is 5.26 Å². The fraction of sp³-hybridized carbons (Fsp3) is 0.481. The molecule has 3 rings (SSSR count). The summed E-state index contributed by atoms with van der Waals surface area (Å²) < 4.78 is 30.3. The van der Waals surface area contributed by atoms with E-state index < -0.39 is 53.7 Å². The number of hydrogen-bond acceptors (Lipinski definition) is 5. The number of nitrogens with one attached hydrogen (secondary N) is 2. The molecule has 1 heterocycles. The standard InChI is InChI=1S/C27H31Cl2F2N3O3/c1-26(2,3)12-21-27(14-32,15-7-8-18(28)20(30)11-15)22(17-5-4-6-19(29)23(17)31)24(34-21)25(37)33-10-9-16(36)13-35/h4-8,11,16,21-22,24,34-36H,9-10,12-13H2,1-3H3,(H,33,37)/t16-,21-,22-,24+,27-/m0/s1. The summed E-state index contributed by atoms with van der Waals surface area (Å²) >= 11 is 12.1. The van der Waals surface area contributed by atoms with Gasteiger partial charge < -0.3 is 20.8 Å². The van der Waals surface area contributed by atoms with Gasteiger partial charge in [-0.3, -0.25) is 4.79 Å². The van der Waals surface area contributed by atoms with Crippen LogP contribution in [0.1, 0.15) is 50.7 Å². The maximum Gasteiger partial charge on any atom is 0.237 e. The van der Waals surface area contributed by atoms with Crippen molar-refractivity contribution in [2.24, 2.45) is 5.41 Å². The predicted molar refractivity (Wildman–Crippen MR) is 138 cm³/mol. The third-order valence-corrected chi connectivity index (χ3v) is 7.34. The average molecular weight is 554 g/mol. The van der Waals surface area contributed by atoms with Crippen molar-refractivity contribution in [3.05, 3.63) is 69.2 Å². The first kappa shape index (κ1) is 29.3. The molecule has 10 heteroatoms. The molecule has 0 aliphatic carbocycles. The number of carbonyl (C=O) groups excluding carboxylic acids is 1. The molecule has 6 nitrogen and oxygen atoms in total. The summed E-state index contributed by atoms with van der Waals surface area (Å²) in [5.74, 6) is -3.12. The molecule has 0 aromatic heterocycles. The minimum atomic E-state index is -1.57. The van der Waals surface area contributed by atoms with E-state index in [1.54, 1.807) is 0 Å². The maximum atomic E-state index is 15.5. The van der Waals surface area contributed by atoms with Crippen molar-refractivity contribution in [2.75, 3.05) is 13.2 Å². The minimum absolute atomic E-state index is 0.0442. The molecular formula is C27H31Cl2F2N3O3. The van der Waals surface area contributed by atoms with Crippen molar-refractivity contribution in [1.82, 2.24) is 10.6 Å². The van der Waals surface area contributed by atoms with Gasteiger partial charge in [0.05, 0.1) is 34.9 Å². The number of halogens is 4. The summed E-state index contributed by atoms with van der Waals surface area (Å²) in [5, 5.41) is 35.2. The zero-order valence-corrected chi connectivity index (χ0v) is 22.4. The number of hydrogen-bond donors (Lipinski definition) is 4. The first-order valence-electron chi connectivity index (χ1n) is 12.0. The van der Waals surface area contributed by atoms with Gasteiger partial charge in [-0.2, -0.15) is 5.26 Å². The second-order valence-electron chi connectivity index (χ2n) is 10.6. The van der Waals surface area contributed by atoms with E-state index in [-0.39, 0.29) is 39.6 Å². The van der Waals surface area contributed by atoms with Crippen molar-refractivity contribution in [3.8, 4) is 6.07 Å². The number of carbonyl (C=O) groups is 1. The van der Waals surface area contributed by atoms with E-state index in [4.69, 9.17) is 28.3 Å². The average Bonchev–Trinajstić information content (AvgIpc) is 3.15. The largest absolute Gasteiger partial charge is 0.394 e. The number of aliphatic hydroxyl groups is 2. The lowest BCUT2D eigenvalue weighted by Crippen LogP contribution is -2.46. The number of nitrogens with zero attached hydrogens (tertiary/aromatic N) is 1. The van der Waals surface area contributed by atoms with Crippen LogP contribution in [0.3, 0.4) is 0 Å².